The molecule has 0 saturated carbocycles. The van der Waals surface area contributed by atoms with Crippen molar-refractivity contribution in [2.75, 3.05) is 38.1 Å². The fraction of sp³-hybridized carbons (Fsp3) is 0.556. The Hall–Kier alpha value is -2.42. The van der Waals surface area contributed by atoms with Crippen LogP contribution in [-0.4, -0.2) is 64.8 Å². The molecule has 0 bridgehead atoms. The Balaban J connectivity index is 1.53. The highest BCUT2D eigenvalue weighted by Crippen LogP contribution is 2.18. The molecule has 1 N–H and O–H groups in total. The van der Waals surface area contributed by atoms with Crippen LogP contribution in [0.2, 0.25) is 0 Å². The normalized spacial score (nSPS) is 15.6. The second kappa shape index (κ2) is 8.51. The van der Waals surface area contributed by atoms with Gasteiger partial charge in [0.2, 0.25) is 5.91 Å². The van der Waals surface area contributed by atoms with Crippen LogP contribution in [0.5, 0.6) is 0 Å². The lowest BCUT2D eigenvalue weighted by Crippen LogP contribution is -2.55. The highest BCUT2D eigenvalue weighted by Gasteiger charge is 2.27. The third-order valence-corrected chi connectivity index (χ3v) is 5.70. The van der Waals surface area contributed by atoms with E-state index in [1.165, 1.54) is 10.6 Å². The summed E-state index contributed by atoms with van der Waals surface area (Å²) in [5.74, 6) is 0.818. The fourth-order valence-electron chi connectivity index (χ4n) is 3.21. The average molecular weight is 390 g/mol. The molecule has 2 aromatic heterocycles. The number of amides is 1. The quantitative estimate of drug-likeness (QED) is 0.614. The second-order valence-corrected chi connectivity index (χ2v) is 7.81. The minimum atomic E-state index is 0.0559. The third kappa shape index (κ3) is 4.47. The number of thiazole rings is 1. The monoisotopic (exact) mass is 389 g/mol. The number of carbonyl (C=O) groups is 1. The number of hydrogen-bond donors (Lipinski definition) is 1. The van der Waals surface area contributed by atoms with Crippen LogP contribution < -0.4 is 10.2 Å². The van der Waals surface area contributed by atoms with Crippen molar-refractivity contribution in [1.29, 1.82) is 0 Å². The Morgan fingerprint density at radius 2 is 2.22 bits per heavy atom. The number of anilines is 1. The molecule has 3 rings (SSSR count). The van der Waals surface area contributed by atoms with Crippen LogP contribution in [0.25, 0.3) is 0 Å². The zero-order chi connectivity index (χ0) is 19.4. The van der Waals surface area contributed by atoms with Gasteiger partial charge in [0.15, 0.2) is 5.96 Å². The minimum absolute atomic E-state index is 0.0559. The lowest BCUT2D eigenvalue weighted by Gasteiger charge is -2.35. The Morgan fingerprint density at radius 3 is 2.81 bits per heavy atom. The molecular formula is C18H27N7OS. The number of piperazine rings is 1. The van der Waals surface area contributed by atoms with E-state index in [9.17, 15) is 4.79 Å². The maximum atomic E-state index is 12.6. The molecule has 146 valence electrons. The maximum absolute atomic E-state index is 12.6. The summed E-state index contributed by atoms with van der Waals surface area (Å²) >= 11 is 1.76. The number of aliphatic imine (C=N–C) groups is 1. The summed E-state index contributed by atoms with van der Waals surface area (Å²) in [5.41, 5.74) is 2.03. The molecule has 8 nitrogen and oxygen atoms in total. The Morgan fingerprint density at radius 1 is 1.41 bits per heavy atom. The van der Waals surface area contributed by atoms with Gasteiger partial charge in [0, 0.05) is 51.2 Å². The first kappa shape index (κ1) is 19.3. The molecule has 27 heavy (non-hydrogen) atoms. The predicted octanol–water partition coefficient (Wildman–Crippen LogP) is 1.21. The maximum Gasteiger partial charge on any atom is 0.246 e. The third-order valence-electron chi connectivity index (χ3n) is 4.63. The first-order valence-corrected chi connectivity index (χ1v) is 10.0. The molecule has 0 aromatic carbocycles. The summed E-state index contributed by atoms with van der Waals surface area (Å²) in [4.78, 5) is 26.7. The molecular weight excluding hydrogens is 362 g/mol. The van der Waals surface area contributed by atoms with Crippen molar-refractivity contribution in [2.24, 2.45) is 12.0 Å². The molecule has 0 radical (unpaired) electrons. The van der Waals surface area contributed by atoms with Gasteiger partial charge in [-0.1, -0.05) is 6.92 Å². The van der Waals surface area contributed by atoms with E-state index in [2.05, 4.69) is 34.2 Å². The van der Waals surface area contributed by atoms with Gasteiger partial charge >= 0.3 is 0 Å². The van der Waals surface area contributed by atoms with Crippen LogP contribution in [0.4, 0.5) is 5.69 Å². The SMILES string of the molecule is CCc1nc(CCNC(=NC)N2CCN(c3cnn(C)c3)C(=O)C2)sc1C. The Kier molecular flexibility index (Phi) is 6.10. The lowest BCUT2D eigenvalue weighted by atomic mass is 10.3. The van der Waals surface area contributed by atoms with Gasteiger partial charge in [-0.2, -0.15) is 5.10 Å². The largest absolute Gasteiger partial charge is 0.356 e. The molecule has 0 unspecified atom stereocenters. The van der Waals surface area contributed by atoms with Gasteiger partial charge in [-0.15, -0.1) is 11.3 Å². The minimum Gasteiger partial charge on any atom is -0.356 e. The van der Waals surface area contributed by atoms with E-state index >= 15 is 0 Å². The van der Waals surface area contributed by atoms with E-state index in [0.717, 1.165) is 42.6 Å². The number of nitrogens with zero attached hydrogens (tertiary/aromatic N) is 6. The first-order valence-electron chi connectivity index (χ1n) is 9.21. The summed E-state index contributed by atoms with van der Waals surface area (Å²) in [6.45, 7) is 6.67. The number of rotatable bonds is 5. The number of hydrogen-bond acceptors (Lipinski definition) is 5. The van der Waals surface area contributed by atoms with Crippen molar-refractivity contribution in [2.45, 2.75) is 26.7 Å². The van der Waals surface area contributed by atoms with E-state index in [0.29, 0.717) is 13.1 Å². The van der Waals surface area contributed by atoms with Crippen LogP contribution in [0, 0.1) is 6.92 Å². The fourth-order valence-corrected chi connectivity index (χ4v) is 4.23. The molecule has 1 aliphatic heterocycles. The number of aromatic nitrogens is 3. The van der Waals surface area contributed by atoms with Crippen molar-refractivity contribution < 1.29 is 4.79 Å². The van der Waals surface area contributed by atoms with E-state index in [1.807, 2.05) is 18.1 Å². The predicted molar refractivity (Wildman–Crippen MR) is 108 cm³/mol. The molecule has 1 amide bonds. The summed E-state index contributed by atoms with van der Waals surface area (Å²) in [5, 5.41) is 8.66. The van der Waals surface area contributed by atoms with Gasteiger partial charge in [-0.3, -0.25) is 14.5 Å². The van der Waals surface area contributed by atoms with Crippen molar-refractivity contribution >= 4 is 28.9 Å². The summed E-state index contributed by atoms with van der Waals surface area (Å²) < 4.78 is 1.71. The number of guanidine groups is 1. The first-order chi connectivity index (χ1) is 13.0. The Labute approximate surface area is 163 Å². The van der Waals surface area contributed by atoms with Gasteiger partial charge in [0.25, 0.3) is 0 Å². The molecule has 1 fully saturated rings. The highest BCUT2D eigenvalue weighted by atomic mass is 32.1. The second-order valence-electron chi connectivity index (χ2n) is 6.53. The van der Waals surface area contributed by atoms with Gasteiger partial charge in [0.05, 0.1) is 22.6 Å². The number of nitrogens with one attached hydrogen (secondary N) is 1. The highest BCUT2D eigenvalue weighted by molar-refractivity contribution is 7.11. The molecule has 0 spiro atoms. The molecule has 2 aromatic rings. The zero-order valence-corrected chi connectivity index (χ0v) is 17.2. The summed E-state index contributed by atoms with van der Waals surface area (Å²) in [6.07, 6.45) is 5.41. The molecule has 1 aliphatic rings. The van der Waals surface area contributed by atoms with E-state index < -0.39 is 0 Å². The van der Waals surface area contributed by atoms with E-state index in [4.69, 9.17) is 0 Å². The van der Waals surface area contributed by atoms with Gasteiger partial charge < -0.3 is 15.1 Å². The number of carbonyl (C=O) groups excluding carboxylic acids is 1. The lowest BCUT2D eigenvalue weighted by molar-refractivity contribution is -0.120. The standard InChI is InChI=1S/C18H27N7OS/c1-5-15-13(2)27-16(22-15)6-7-20-18(19-3)24-8-9-25(17(26)12-24)14-10-21-23(4)11-14/h10-11H,5-9,12H2,1-4H3,(H,19,20). The van der Waals surface area contributed by atoms with Crippen molar-refractivity contribution in [3.63, 3.8) is 0 Å². The zero-order valence-electron chi connectivity index (χ0n) is 16.4. The Bertz CT molecular complexity index is 826. The van der Waals surface area contributed by atoms with Crippen molar-refractivity contribution in [3.8, 4) is 0 Å². The van der Waals surface area contributed by atoms with Crippen LogP contribution in [0.3, 0.4) is 0 Å². The molecule has 3 heterocycles. The van der Waals surface area contributed by atoms with E-state index in [-0.39, 0.29) is 5.91 Å². The van der Waals surface area contributed by atoms with Crippen LogP contribution in [-0.2, 0) is 24.7 Å². The summed E-state index contributed by atoms with van der Waals surface area (Å²) in [7, 11) is 3.60. The van der Waals surface area contributed by atoms with Gasteiger partial charge in [-0.25, -0.2) is 4.98 Å². The van der Waals surface area contributed by atoms with Gasteiger partial charge in [-0.05, 0) is 13.3 Å². The summed E-state index contributed by atoms with van der Waals surface area (Å²) in [6, 6.07) is 0. The van der Waals surface area contributed by atoms with Crippen LogP contribution >= 0.6 is 11.3 Å². The molecule has 9 heteroatoms. The van der Waals surface area contributed by atoms with Gasteiger partial charge in [0.1, 0.15) is 6.54 Å². The molecule has 1 saturated heterocycles. The van der Waals surface area contributed by atoms with Crippen LogP contribution in [0.1, 0.15) is 22.5 Å². The average Bonchev–Trinajstić information content (AvgIpc) is 3.24. The van der Waals surface area contributed by atoms with Crippen molar-refractivity contribution in [1.82, 2.24) is 25.0 Å². The molecule has 0 atom stereocenters. The van der Waals surface area contributed by atoms with Crippen molar-refractivity contribution in [3.05, 3.63) is 28.0 Å². The van der Waals surface area contributed by atoms with E-state index in [1.54, 1.807) is 34.2 Å². The number of aryl methyl sites for hydroxylation is 3. The topological polar surface area (TPSA) is 78.7 Å². The smallest absolute Gasteiger partial charge is 0.246 e. The van der Waals surface area contributed by atoms with Crippen LogP contribution in [0.15, 0.2) is 17.4 Å². The molecule has 0 aliphatic carbocycles.